The Balaban J connectivity index is 2.28. The lowest BCUT2D eigenvalue weighted by atomic mass is 9.94. The average Bonchev–Trinajstić information content (AvgIpc) is 2.38. The van der Waals surface area contributed by atoms with Crippen LogP contribution in [0.2, 0.25) is 0 Å². The van der Waals surface area contributed by atoms with Crippen molar-refractivity contribution in [1.29, 1.82) is 0 Å². The number of methoxy groups -OCH3 is 1. The van der Waals surface area contributed by atoms with Gasteiger partial charge in [-0.2, -0.15) is 0 Å². The lowest BCUT2D eigenvalue weighted by Gasteiger charge is -2.36. The molecule has 0 aromatic heterocycles. The Hall–Kier alpha value is -0.160. The van der Waals surface area contributed by atoms with Crippen molar-refractivity contribution in [2.24, 2.45) is 5.92 Å². The second kappa shape index (κ2) is 8.20. The minimum absolute atomic E-state index is 0.155. The Bertz CT molecular complexity index is 240. The smallest absolute Gasteiger partial charge is 0.0611 e. The molecule has 0 spiro atoms. The Morgan fingerprint density at radius 3 is 2.47 bits per heavy atom. The van der Waals surface area contributed by atoms with Crippen LogP contribution in [-0.4, -0.2) is 61.5 Å². The van der Waals surface area contributed by atoms with Crippen molar-refractivity contribution >= 4 is 0 Å². The molecule has 1 rings (SSSR count). The van der Waals surface area contributed by atoms with Crippen molar-refractivity contribution in [2.45, 2.75) is 51.6 Å². The number of hydrogen-bond donors (Lipinski definition) is 2. The number of piperidine rings is 1. The van der Waals surface area contributed by atoms with E-state index < -0.39 is 0 Å². The van der Waals surface area contributed by atoms with Crippen LogP contribution in [0.5, 0.6) is 0 Å². The highest BCUT2D eigenvalue weighted by Crippen LogP contribution is 2.19. The molecule has 0 aliphatic carbocycles. The maximum absolute atomic E-state index is 9.58. The van der Waals surface area contributed by atoms with Gasteiger partial charge in [0.05, 0.1) is 6.61 Å². The Kier molecular flexibility index (Phi) is 7.29. The summed E-state index contributed by atoms with van der Waals surface area (Å²) in [7, 11) is 1.79. The summed E-state index contributed by atoms with van der Waals surface area (Å²) in [6.07, 6.45) is 3.47. The van der Waals surface area contributed by atoms with Gasteiger partial charge in [0.1, 0.15) is 0 Å². The van der Waals surface area contributed by atoms with Crippen LogP contribution in [0.15, 0.2) is 0 Å². The monoisotopic (exact) mass is 272 g/mol. The highest BCUT2D eigenvalue weighted by Gasteiger charge is 2.26. The molecule has 0 radical (unpaired) electrons. The van der Waals surface area contributed by atoms with Gasteiger partial charge in [0.25, 0.3) is 0 Å². The average molecular weight is 272 g/mol. The van der Waals surface area contributed by atoms with Crippen LogP contribution in [0.1, 0.15) is 40.0 Å². The molecule has 4 nitrogen and oxygen atoms in total. The van der Waals surface area contributed by atoms with E-state index in [0.717, 1.165) is 38.6 Å². The van der Waals surface area contributed by atoms with Crippen LogP contribution in [0.4, 0.5) is 0 Å². The minimum Gasteiger partial charge on any atom is -0.394 e. The second-order valence-electron chi connectivity index (χ2n) is 6.51. The number of aliphatic hydroxyl groups is 1. The molecule has 1 heterocycles. The molecule has 1 aliphatic rings. The van der Waals surface area contributed by atoms with E-state index in [4.69, 9.17) is 4.74 Å². The largest absolute Gasteiger partial charge is 0.394 e. The summed E-state index contributed by atoms with van der Waals surface area (Å²) in [6, 6.07) is 0.407. The topological polar surface area (TPSA) is 44.7 Å². The molecule has 0 saturated carbocycles. The zero-order valence-electron chi connectivity index (χ0n) is 13.1. The zero-order chi connectivity index (χ0) is 14.3. The molecule has 1 unspecified atom stereocenters. The van der Waals surface area contributed by atoms with Crippen LogP contribution in [-0.2, 0) is 4.74 Å². The highest BCUT2D eigenvalue weighted by molar-refractivity contribution is 4.85. The Morgan fingerprint density at radius 1 is 1.37 bits per heavy atom. The van der Waals surface area contributed by atoms with E-state index >= 15 is 0 Å². The summed E-state index contributed by atoms with van der Waals surface area (Å²) in [6.45, 7) is 10.9. The standard InChI is InChI=1S/C15H32N2O2/c1-13(2)16-15(3,12-18)7-10-17-8-5-14(6-9-17)11-19-4/h13-14,16,18H,5-12H2,1-4H3. The van der Waals surface area contributed by atoms with E-state index in [-0.39, 0.29) is 12.1 Å². The summed E-state index contributed by atoms with van der Waals surface area (Å²) in [5.74, 6) is 0.735. The van der Waals surface area contributed by atoms with Crippen LogP contribution in [0, 0.1) is 5.92 Å². The van der Waals surface area contributed by atoms with Crippen molar-refractivity contribution in [3.8, 4) is 0 Å². The fraction of sp³-hybridized carbons (Fsp3) is 1.00. The first kappa shape index (κ1) is 16.9. The van der Waals surface area contributed by atoms with Gasteiger partial charge in [-0.1, -0.05) is 13.8 Å². The number of rotatable bonds is 8. The third-order valence-electron chi connectivity index (χ3n) is 4.08. The molecule has 114 valence electrons. The summed E-state index contributed by atoms with van der Waals surface area (Å²) < 4.78 is 5.23. The number of nitrogens with zero attached hydrogens (tertiary/aromatic N) is 1. The third-order valence-corrected chi connectivity index (χ3v) is 4.08. The number of likely N-dealkylation sites (tertiary alicyclic amines) is 1. The minimum atomic E-state index is -0.155. The Morgan fingerprint density at radius 2 is 2.00 bits per heavy atom. The van der Waals surface area contributed by atoms with E-state index in [1.54, 1.807) is 7.11 Å². The molecule has 0 amide bonds. The lowest BCUT2D eigenvalue weighted by molar-refractivity contribution is 0.0875. The first-order valence-electron chi connectivity index (χ1n) is 7.59. The fourth-order valence-electron chi connectivity index (χ4n) is 2.91. The summed E-state index contributed by atoms with van der Waals surface area (Å²) in [5.41, 5.74) is -0.155. The number of nitrogens with one attached hydrogen (secondary N) is 1. The van der Waals surface area contributed by atoms with Gasteiger partial charge in [-0.25, -0.2) is 0 Å². The predicted octanol–water partition coefficient (Wildman–Crippen LogP) is 1.48. The summed E-state index contributed by atoms with van der Waals surface area (Å²) in [4.78, 5) is 2.52. The van der Waals surface area contributed by atoms with Gasteiger partial charge in [-0.15, -0.1) is 0 Å². The van der Waals surface area contributed by atoms with E-state index in [0.29, 0.717) is 6.04 Å². The third kappa shape index (κ3) is 6.21. The normalized spacial score (nSPS) is 21.8. The van der Waals surface area contributed by atoms with Crippen LogP contribution in [0.25, 0.3) is 0 Å². The maximum atomic E-state index is 9.58. The molecular weight excluding hydrogens is 240 g/mol. The number of aliphatic hydroxyl groups excluding tert-OH is 1. The molecule has 4 heteroatoms. The zero-order valence-corrected chi connectivity index (χ0v) is 13.1. The van der Waals surface area contributed by atoms with Gasteiger partial charge in [-0.05, 0) is 51.7 Å². The van der Waals surface area contributed by atoms with Crippen LogP contribution < -0.4 is 5.32 Å². The second-order valence-corrected chi connectivity index (χ2v) is 6.51. The quantitative estimate of drug-likeness (QED) is 0.702. The number of hydrogen-bond acceptors (Lipinski definition) is 4. The van der Waals surface area contributed by atoms with Crippen molar-refractivity contribution in [2.75, 3.05) is 40.0 Å². The van der Waals surface area contributed by atoms with E-state index in [1.165, 1.54) is 12.8 Å². The molecular formula is C15H32N2O2. The molecule has 19 heavy (non-hydrogen) atoms. The van der Waals surface area contributed by atoms with Crippen LogP contribution in [0.3, 0.4) is 0 Å². The predicted molar refractivity (Wildman–Crippen MR) is 79.4 cm³/mol. The summed E-state index contributed by atoms with van der Waals surface area (Å²) in [5, 5.41) is 13.1. The van der Waals surface area contributed by atoms with Gasteiger partial charge < -0.3 is 20.1 Å². The lowest BCUT2D eigenvalue weighted by Crippen LogP contribution is -2.51. The first-order valence-corrected chi connectivity index (χ1v) is 7.59. The maximum Gasteiger partial charge on any atom is 0.0611 e. The Labute approximate surface area is 118 Å². The van der Waals surface area contributed by atoms with Gasteiger partial charge in [0.2, 0.25) is 0 Å². The van der Waals surface area contributed by atoms with Crippen molar-refractivity contribution in [3.05, 3.63) is 0 Å². The van der Waals surface area contributed by atoms with Gasteiger partial charge in [-0.3, -0.25) is 0 Å². The van der Waals surface area contributed by atoms with Crippen molar-refractivity contribution < 1.29 is 9.84 Å². The van der Waals surface area contributed by atoms with E-state index in [9.17, 15) is 5.11 Å². The molecule has 1 saturated heterocycles. The van der Waals surface area contributed by atoms with E-state index in [1.807, 2.05) is 0 Å². The van der Waals surface area contributed by atoms with Gasteiger partial charge >= 0.3 is 0 Å². The molecule has 1 fully saturated rings. The van der Waals surface area contributed by atoms with Gasteiger partial charge in [0, 0.05) is 25.3 Å². The molecule has 1 atom stereocenters. The molecule has 0 bridgehead atoms. The van der Waals surface area contributed by atoms with Crippen molar-refractivity contribution in [1.82, 2.24) is 10.2 Å². The highest BCUT2D eigenvalue weighted by atomic mass is 16.5. The molecule has 0 aromatic carbocycles. The first-order chi connectivity index (χ1) is 8.99. The van der Waals surface area contributed by atoms with Gasteiger partial charge in [0.15, 0.2) is 0 Å². The number of ether oxygens (including phenoxy) is 1. The van der Waals surface area contributed by atoms with Crippen molar-refractivity contribution in [3.63, 3.8) is 0 Å². The fourth-order valence-corrected chi connectivity index (χ4v) is 2.91. The van der Waals surface area contributed by atoms with E-state index in [2.05, 4.69) is 31.0 Å². The SMILES string of the molecule is COCC1CCN(CCC(C)(CO)NC(C)C)CC1. The molecule has 0 aromatic rings. The molecule has 1 aliphatic heterocycles. The molecule has 2 N–H and O–H groups in total. The summed E-state index contributed by atoms with van der Waals surface area (Å²) >= 11 is 0. The van der Waals surface area contributed by atoms with Crippen LogP contribution >= 0.6 is 0 Å².